The third kappa shape index (κ3) is 2.05. The van der Waals surface area contributed by atoms with Gasteiger partial charge in [0.15, 0.2) is 0 Å². The highest BCUT2D eigenvalue weighted by atomic mass is 19.1. The molecule has 0 bridgehead atoms. The second-order valence-corrected chi connectivity index (χ2v) is 3.65. The number of aryl methyl sites for hydroxylation is 1. The van der Waals surface area contributed by atoms with Crippen LogP contribution in [-0.4, -0.2) is 9.55 Å². The Kier molecular flexibility index (Phi) is 2.90. The monoisotopic (exact) mass is 220 g/mol. The molecule has 84 valence electrons. The van der Waals surface area contributed by atoms with Crippen LogP contribution in [0, 0.1) is 12.7 Å². The summed E-state index contributed by atoms with van der Waals surface area (Å²) in [5.74, 6) is 0.323. The van der Waals surface area contributed by atoms with Gasteiger partial charge in [0.1, 0.15) is 18.2 Å². The lowest BCUT2D eigenvalue weighted by Crippen LogP contribution is -2.02. The topological polar surface area (TPSA) is 27.1 Å². The Morgan fingerprint density at radius 3 is 2.94 bits per heavy atom. The van der Waals surface area contributed by atoms with Gasteiger partial charge in [-0.15, -0.1) is 0 Å². The number of imidazole rings is 1. The normalized spacial score (nSPS) is 10.4. The molecule has 0 saturated heterocycles. The second-order valence-electron chi connectivity index (χ2n) is 3.65. The van der Waals surface area contributed by atoms with Crippen molar-refractivity contribution >= 4 is 0 Å². The predicted molar refractivity (Wildman–Crippen MR) is 58.7 cm³/mol. The summed E-state index contributed by atoms with van der Waals surface area (Å²) in [6, 6.07) is 4.82. The zero-order valence-electron chi connectivity index (χ0n) is 9.27. The van der Waals surface area contributed by atoms with Gasteiger partial charge in [-0.2, -0.15) is 0 Å². The van der Waals surface area contributed by atoms with E-state index in [9.17, 15) is 4.39 Å². The van der Waals surface area contributed by atoms with Crippen LogP contribution in [-0.2, 0) is 13.7 Å². The van der Waals surface area contributed by atoms with E-state index in [0.29, 0.717) is 17.9 Å². The van der Waals surface area contributed by atoms with Crippen molar-refractivity contribution in [1.29, 1.82) is 0 Å². The molecule has 0 aliphatic carbocycles. The van der Waals surface area contributed by atoms with Crippen molar-refractivity contribution < 1.29 is 9.13 Å². The van der Waals surface area contributed by atoms with Crippen molar-refractivity contribution in [3.63, 3.8) is 0 Å². The van der Waals surface area contributed by atoms with E-state index in [4.69, 9.17) is 4.74 Å². The molecule has 0 unspecified atom stereocenters. The number of aromatic nitrogens is 2. The maximum atomic E-state index is 13.2. The maximum absolute atomic E-state index is 13.2. The van der Waals surface area contributed by atoms with Gasteiger partial charge in [0.25, 0.3) is 0 Å². The lowest BCUT2D eigenvalue weighted by Gasteiger charge is -2.09. The number of benzene rings is 1. The van der Waals surface area contributed by atoms with Crippen molar-refractivity contribution in [2.75, 3.05) is 0 Å². The van der Waals surface area contributed by atoms with Crippen molar-refractivity contribution in [3.8, 4) is 5.75 Å². The number of ether oxygens (including phenoxy) is 1. The highest BCUT2D eigenvalue weighted by Gasteiger charge is 2.05. The lowest BCUT2D eigenvalue weighted by molar-refractivity contribution is 0.293. The minimum absolute atomic E-state index is 0.248. The van der Waals surface area contributed by atoms with Gasteiger partial charge in [-0.05, 0) is 19.1 Å². The number of halogens is 1. The Hall–Kier alpha value is -1.84. The smallest absolute Gasteiger partial charge is 0.130 e. The molecular formula is C12H13FN2O. The van der Waals surface area contributed by atoms with Gasteiger partial charge in [0, 0.05) is 12.6 Å². The van der Waals surface area contributed by atoms with Crippen molar-refractivity contribution in [2.24, 2.45) is 7.05 Å². The van der Waals surface area contributed by atoms with Crippen LogP contribution in [0.25, 0.3) is 0 Å². The summed E-state index contributed by atoms with van der Waals surface area (Å²) < 4.78 is 20.6. The number of rotatable bonds is 3. The van der Waals surface area contributed by atoms with Crippen LogP contribution in [0.3, 0.4) is 0 Å². The second kappa shape index (κ2) is 4.35. The summed E-state index contributed by atoms with van der Waals surface area (Å²) in [4.78, 5) is 3.98. The van der Waals surface area contributed by atoms with Crippen molar-refractivity contribution in [2.45, 2.75) is 13.5 Å². The first-order valence-electron chi connectivity index (χ1n) is 5.01. The Morgan fingerprint density at radius 2 is 2.25 bits per heavy atom. The van der Waals surface area contributed by atoms with Gasteiger partial charge in [-0.1, -0.05) is 6.07 Å². The van der Waals surface area contributed by atoms with E-state index in [-0.39, 0.29) is 5.82 Å². The third-order valence-corrected chi connectivity index (χ3v) is 2.51. The van der Waals surface area contributed by atoms with Gasteiger partial charge in [-0.3, -0.25) is 0 Å². The minimum atomic E-state index is -0.248. The first-order valence-corrected chi connectivity index (χ1v) is 5.01. The summed E-state index contributed by atoms with van der Waals surface area (Å²) >= 11 is 0. The van der Waals surface area contributed by atoms with Crippen LogP contribution in [0.15, 0.2) is 30.7 Å². The molecule has 4 heteroatoms. The molecule has 2 aromatic rings. The van der Waals surface area contributed by atoms with Crippen LogP contribution in [0.1, 0.15) is 11.3 Å². The van der Waals surface area contributed by atoms with Crippen LogP contribution < -0.4 is 4.74 Å². The molecule has 0 saturated carbocycles. The fourth-order valence-electron chi connectivity index (χ4n) is 1.42. The first-order chi connectivity index (χ1) is 7.68. The van der Waals surface area contributed by atoms with E-state index < -0.39 is 0 Å². The molecule has 1 aromatic carbocycles. The molecule has 0 fully saturated rings. The molecule has 0 aliphatic rings. The predicted octanol–water partition coefficient (Wildman–Crippen LogP) is 2.45. The summed E-state index contributed by atoms with van der Waals surface area (Å²) in [5, 5.41) is 0. The van der Waals surface area contributed by atoms with Crippen LogP contribution in [0.4, 0.5) is 4.39 Å². The Balaban J connectivity index is 2.11. The lowest BCUT2D eigenvalue weighted by atomic mass is 10.2. The van der Waals surface area contributed by atoms with Crippen LogP contribution >= 0.6 is 0 Å². The molecule has 0 aliphatic heterocycles. The van der Waals surface area contributed by atoms with E-state index in [1.54, 1.807) is 31.6 Å². The Bertz CT molecular complexity index is 494. The van der Waals surface area contributed by atoms with Gasteiger partial charge < -0.3 is 9.30 Å². The quantitative estimate of drug-likeness (QED) is 0.794. The summed E-state index contributed by atoms with van der Waals surface area (Å²) in [6.45, 7) is 2.09. The average molecular weight is 220 g/mol. The molecule has 0 spiro atoms. The van der Waals surface area contributed by atoms with E-state index >= 15 is 0 Å². The standard InChI is InChI=1S/C12H13FN2O/c1-9-11(13)4-3-5-12(9)16-7-10-6-14-8-15(10)2/h3-6,8H,7H2,1-2H3. The molecule has 0 atom stereocenters. The van der Waals surface area contributed by atoms with Gasteiger partial charge in [0.05, 0.1) is 18.2 Å². The zero-order chi connectivity index (χ0) is 11.5. The molecule has 1 aromatic heterocycles. The zero-order valence-corrected chi connectivity index (χ0v) is 9.27. The summed E-state index contributed by atoms with van der Waals surface area (Å²) in [6.07, 6.45) is 3.44. The van der Waals surface area contributed by atoms with Gasteiger partial charge in [0.2, 0.25) is 0 Å². The third-order valence-electron chi connectivity index (χ3n) is 2.51. The molecule has 2 rings (SSSR count). The van der Waals surface area contributed by atoms with Gasteiger partial charge >= 0.3 is 0 Å². The maximum Gasteiger partial charge on any atom is 0.130 e. The van der Waals surface area contributed by atoms with E-state index in [1.807, 2.05) is 11.6 Å². The summed E-state index contributed by atoms with van der Waals surface area (Å²) in [5.41, 5.74) is 1.48. The largest absolute Gasteiger partial charge is 0.487 e. The number of hydrogen-bond acceptors (Lipinski definition) is 2. The van der Waals surface area contributed by atoms with Crippen LogP contribution in [0.2, 0.25) is 0 Å². The highest BCUT2D eigenvalue weighted by Crippen LogP contribution is 2.20. The molecule has 16 heavy (non-hydrogen) atoms. The molecule has 0 amide bonds. The molecule has 1 heterocycles. The first kappa shape index (κ1) is 10.7. The fourth-order valence-corrected chi connectivity index (χ4v) is 1.42. The summed E-state index contributed by atoms with van der Waals surface area (Å²) in [7, 11) is 1.89. The SMILES string of the molecule is Cc1c(F)cccc1OCc1cncn1C. The van der Waals surface area contributed by atoms with Crippen molar-refractivity contribution in [3.05, 3.63) is 47.8 Å². The average Bonchev–Trinajstić information content (AvgIpc) is 2.67. The van der Waals surface area contributed by atoms with E-state index in [2.05, 4.69) is 4.98 Å². The Labute approximate surface area is 93.5 Å². The van der Waals surface area contributed by atoms with Gasteiger partial charge in [-0.25, -0.2) is 9.37 Å². The van der Waals surface area contributed by atoms with E-state index in [0.717, 1.165) is 5.69 Å². The molecule has 0 radical (unpaired) electrons. The molecule has 3 nitrogen and oxygen atoms in total. The molecular weight excluding hydrogens is 207 g/mol. The number of nitrogens with zero attached hydrogens (tertiary/aromatic N) is 2. The highest BCUT2D eigenvalue weighted by molar-refractivity contribution is 5.33. The number of hydrogen-bond donors (Lipinski definition) is 0. The minimum Gasteiger partial charge on any atom is -0.487 e. The Morgan fingerprint density at radius 1 is 1.44 bits per heavy atom. The van der Waals surface area contributed by atoms with Crippen LogP contribution in [0.5, 0.6) is 5.75 Å². The van der Waals surface area contributed by atoms with Crippen molar-refractivity contribution in [1.82, 2.24) is 9.55 Å². The fraction of sp³-hybridized carbons (Fsp3) is 0.250. The molecule has 0 N–H and O–H groups in total. The van der Waals surface area contributed by atoms with E-state index in [1.165, 1.54) is 6.07 Å².